The van der Waals surface area contributed by atoms with Crippen LogP contribution >= 0.6 is 11.6 Å². The van der Waals surface area contributed by atoms with E-state index in [9.17, 15) is 26.7 Å². The number of anilines is 1. The summed E-state index contributed by atoms with van der Waals surface area (Å²) >= 11 is 5.56. The minimum atomic E-state index is -4.77. The van der Waals surface area contributed by atoms with Gasteiger partial charge in [-0.05, 0) is 54.7 Å². The van der Waals surface area contributed by atoms with E-state index in [1.54, 1.807) is 10.6 Å². The van der Waals surface area contributed by atoms with Crippen LogP contribution in [-0.2, 0) is 19.3 Å². The van der Waals surface area contributed by atoms with Crippen LogP contribution in [-0.4, -0.2) is 21.6 Å². The molecule has 36 heavy (non-hydrogen) atoms. The summed E-state index contributed by atoms with van der Waals surface area (Å²) in [7, 11) is 0. The third-order valence-corrected chi connectivity index (χ3v) is 7.28. The molecule has 3 aliphatic heterocycles. The monoisotopic (exact) mass is 525 g/mol. The zero-order chi connectivity index (χ0) is 25.4. The third kappa shape index (κ3) is 3.68. The Morgan fingerprint density at radius 2 is 1.83 bits per heavy atom. The summed E-state index contributed by atoms with van der Waals surface area (Å²) in [4.78, 5) is 18.6. The van der Waals surface area contributed by atoms with Gasteiger partial charge >= 0.3 is 11.9 Å². The molecule has 0 N–H and O–H groups in total. The van der Waals surface area contributed by atoms with Gasteiger partial charge in [0.05, 0.1) is 22.7 Å². The second kappa shape index (κ2) is 7.83. The van der Waals surface area contributed by atoms with Crippen molar-refractivity contribution in [2.24, 2.45) is 5.92 Å². The standard InChI is InChI=1S/C24H17ClF5N3O3/c25-16-2-1-14(5-15(16)24(28,29)30)36-21-17(26)3-12(4-18(21)27)10-35-19-6-20-32(22(34)31-19)11-23-7-13(8-23)9-33(20)23/h1-6,13H,7-11H2. The molecule has 0 amide bonds. The number of fused-ring (bicyclic) bond motifs is 1. The molecule has 0 atom stereocenters. The first kappa shape index (κ1) is 23.1. The number of alkyl halides is 3. The van der Waals surface area contributed by atoms with Crippen LogP contribution in [0, 0.1) is 17.6 Å². The van der Waals surface area contributed by atoms with Crippen LogP contribution < -0.4 is 20.1 Å². The molecule has 2 bridgehead atoms. The second-order valence-corrected chi connectivity index (χ2v) is 9.76. The highest BCUT2D eigenvalue weighted by atomic mass is 35.5. The Bertz CT molecular complexity index is 1430. The molecule has 3 fully saturated rings. The van der Waals surface area contributed by atoms with Crippen LogP contribution in [0.5, 0.6) is 17.4 Å². The van der Waals surface area contributed by atoms with Crippen LogP contribution in [0.1, 0.15) is 24.0 Å². The molecule has 2 saturated heterocycles. The molecule has 0 radical (unpaired) electrons. The van der Waals surface area contributed by atoms with Gasteiger partial charge in [-0.2, -0.15) is 18.2 Å². The minimum absolute atomic E-state index is 0.00975. The molecule has 6 nitrogen and oxygen atoms in total. The van der Waals surface area contributed by atoms with Crippen molar-refractivity contribution in [1.82, 2.24) is 9.55 Å². The van der Waals surface area contributed by atoms with Gasteiger partial charge in [0.2, 0.25) is 5.88 Å². The summed E-state index contributed by atoms with van der Waals surface area (Å²) in [6.45, 7) is 1.18. The van der Waals surface area contributed by atoms with Crippen molar-refractivity contribution in [3.63, 3.8) is 0 Å². The maximum absolute atomic E-state index is 14.6. The van der Waals surface area contributed by atoms with E-state index >= 15 is 0 Å². The number of nitrogens with zero attached hydrogens (tertiary/aromatic N) is 3. The molecule has 1 aliphatic carbocycles. The molecule has 0 unspecified atom stereocenters. The first-order valence-electron chi connectivity index (χ1n) is 11.1. The van der Waals surface area contributed by atoms with Gasteiger partial charge in [-0.1, -0.05) is 11.6 Å². The van der Waals surface area contributed by atoms with Gasteiger partial charge in [0.15, 0.2) is 17.4 Å². The maximum Gasteiger partial charge on any atom is 0.417 e. The zero-order valence-corrected chi connectivity index (χ0v) is 19.2. The Hall–Kier alpha value is -3.34. The predicted molar refractivity (Wildman–Crippen MR) is 119 cm³/mol. The number of hydrogen-bond acceptors (Lipinski definition) is 5. The molecule has 12 heteroatoms. The fourth-order valence-electron chi connectivity index (χ4n) is 5.43. The van der Waals surface area contributed by atoms with Crippen LogP contribution in [0.25, 0.3) is 0 Å². The fraction of sp³-hybridized carbons (Fsp3) is 0.333. The summed E-state index contributed by atoms with van der Waals surface area (Å²) in [5.41, 5.74) is -1.57. The van der Waals surface area contributed by atoms with E-state index < -0.39 is 45.6 Å². The molecule has 188 valence electrons. The molecule has 1 aromatic heterocycles. The highest BCUT2D eigenvalue weighted by Gasteiger charge is 2.60. The third-order valence-electron chi connectivity index (χ3n) is 6.95. The van der Waals surface area contributed by atoms with E-state index in [0.717, 1.165) is 49.5 Å². The Kier molecular flexibility index (Phi) is 5.02. The van der Waals surface area contributed by atoms with Crippen molar-refractivity contribution < 1.29 is 31.4 Å². The Morgan fingerprint density at radius 3 is 2.53 bits per heavy atom. The van der Waals surface area contributed by atoms with Crippen molar-refractivity contribution in [2.75, 3.05) is 11.4 Å². The molecule has 3 aromatic rings. The molecule has 1 saturated carbocycles. The summed E-state index contributed by atoms with van der Waals surface area (Å²) in [6, 6.07) is 6.08. The molecular weight excluding hydrogens is 509 g/mol. The van der Waals surface area contributed by atoms with E-state index in [2.05, 4.69) is 9.88 Å². The average molecular weight is 526 g/mol. The van der Waals surface area contributed by atoms with Crippen molar-refractivity contribution in [1.29, 1.82) is 0 Å². The van der Waals surface area contributed by atoms with Gasteiger partial charge < -0.3 is 14.4 Å². The van der Waals surface area contributed by atoms with Gasteiger partial charge in [-0.3, -0.25) is 4.57 Å². The van der Waals surface area contributed by atoms with Crippen LogP contribution in [0.3, 0.4) is 0 Å². The number of aromatic nitrogens is 2. The largest absolute Gasteiger partial charge is 0.473 e. The Balaban J connectivity index is 1.19. The Morgan fingerprint density at radius 1 is 1.11 bits per heavy atom. The molecule has 1 spiro atoms. The molecule has 4 heterocycles. The van der Waals surface area contributed by atoms with Gasteiger partial charge in [-0.25, -0.2) is 13.6 Å². The number of halogens is 6. The lowest BCUT2D eigenvalue weighted by atomic mass is 9.74. The van der Waals surface area contributed by atoms with Crippen molar-refractivity contribution in [3.05, 3.63) is 74.7 Å². The summed E-state index contributed by atoms with van der Waals surface area (Å²) in [5, 5.41) is -0.569. The molecule has 2 aromatic carbocycles. The first-order chi connectivity index (χ1) is 17.0. The summed E-state index contributed by atoms with van der Waals surface area (Å²) in [5.74, 6) is -2.20. The number of ether oxygens (including phenoxy) is 2. The van der Waals surface area contributed by atoms with Crippen LogP contribution in [0.15, 0.2) is 41.2 Å². The topological polar surface area (TPSA) is 56.6 Å². The highest BCUT2D eigenvalue weighted by molar-refractivity contribution is 6.31. The molecule has 7 rings (SSSR count). The average Bonchev–Trinajstić information content (AvgIpc) is 3.41. The number of hydrogen-bond donors (Lipinski definition) is 0. The lowest BCUT2D eigenvalue weighted by Crippen LogP contribution is -2.44. The summed E-state index contributed by atoms with van der Waals surface area (Å²) < 4.78 is 80.7. The van der Waals surface area contributed by atoms with Gasteiger partial charge in [0, 0.05) is 12.6 Å². The first-order valence-corrected chi connectivity index (χ1v) is 11.5. The maximum atomic E-state index is 14.6. The van der Waals surface area contributed by atoms with Crippen molar-refractivity contribution in [2.45, 2.75) is 37.7 Å². The van der Waals surface area contributed by atoms with Crippen LogP contribution in [0.2, 0.25) is 5.02 Å². The lowest BCUT2D eigenvalue weighted by molar-refractivity contribution is -0.137. The van der Waals surface area contributed by atoms with E-state index in [-0.39, 0.29) is 23.6 Å². The SMILES string of the molecule is O=c1nc(OCc2cc(F)c(Oc3ccc(Cl)c(C(F)(F)F)c3)c(F)c2)cc2n1CC13CC(CN21)C3. The van der Waals surface area contributed by atoms with E-state index in [1.165, 1.54) is 0 Å². The second-order valence-electron chi connectivity index (χ2n) is 9.35. The quantitative estimate of drug-likeness (QED) is 0.409. The zero-order valence-electron chi connectivity index (χ0n) is 18.4. The van der Waals surface area contributed by atoms with E-state index in [4.69, 9.17) is 21.1 Å². The van der Waals surface area contributed by atoms with Crippen LogP contribution in [0.4, 0.5) is 27.8 Å². The van der Waals surface area contributed by atoms with Gasteiger partial charge in [0.1, 0.15) is 18.2 Å². The summed E-state index contributed by atoms with van der Waals surface area (Å²) in [6.07, 6.45) is -2.67. The van der Waals surface area contributed by atoms with E-state index in [0.29, 0.717) is 18.5 Å². The smallest absolute Gasteiger partial charge is 0.417 e. The number of benzene rings is 2. The fourth-order valence-corrected chi connectivity index (χ4v) is 5.66. The van der Waals surface area contributed by atoms with Gasteiger partial charge in [-0.15, -0.1) is 0 Å². The lowest BCUT2D eigenvalue weighted by Gasteiger charge is -2.37. The predicted octanol–water partition coefficient (Wildman–Crippen LogP) is 5.55. The van der Waals surface area contributed by atoms with Crippen molar-refractivity contribution >= 4 is 17.4 Å². The molecular formula is C24H17ClF5N3O3. The van der Waals surface area contributed by atoms with E-state index in [1.807, 2.05) is 0 Å². The number of rotatable bonds is 5. The Labute approximate surface area is 205 Å². The van der Waals surface area contributed by atoms with Gasteiger partial charge in [0.25, 0.3) is 0 Å². The minimum Gasteiger partial charge on any atom is -0.473 e. The van der Waals surface area contributed by atoms with Crippen molar-refractivity contribution in [3.8, 4) is 17.4 Å². The molecule has 4 aliphatic rings. The normalized spacial score (nSPS) is 21.7. The highest BCUT2D eigenvalue weighted by Crippen LogP contribution is 2.56.